The molecule has 3 rings (SSSR count). The third kappa shape index (κ3) is 2.42. The Hall–Kier alpha value is -2.20. The molecule has 2 atom stereocenters. The van der Waals surface area contributed by atoms with Crippen LogP contribution in [0.25, 0.3) is 10.9 Å². The molecule has 0 bridgehead atoms. The minimum absolute atomic E-state index is 0.0152. The maximum absolute atomic E-state index is 12.2. The molecule has 1 aromatic heterocycles. The number of amides is 1. The summed E-state index contributed by atoms with van der Waals surface area (Å²) in [5, 5.41) is 3.99. The fraction of sp³-hybridized carbons (Fsp3) is 0.250. The molecule has 20 heavy (non-hydrogen) atoms. The summed E-state index contributed by atoms with van der Waals surface area (Å²) >= 11 is 0. The Morgan fingerprint density at radius 1 is 1.30 bits per heavy atom. The summed E-state index contributed by atoms with van der Waals surface area (Å²) < 4.78 is 0. The molecule has 1 aromatic carbocycles. The number of aromatic nitrogens is 1. The number of nitrogens with two attached hydrogens (primary N) is 1. The van der Waals surface area contributed by atoms with Crippen LogP contribution in [0.1, 0.15) is 12.1 Å². The Morgan fingerprint density at radius 2 is 2.15 bits per heavy atom. The smallest absolute Gasteiger partial charge is 0.231 e. The van der Waals surface area contributed by atoms with E-state index >= 15 is 0 Å². The van der Waals surface area contributed by atoms with E-state index < -0.39 is 0 Å². The fourth-order valence-corrected chi connectivity index (χ4v) is 2.49. The topological polar surface area (TPSA) is 68.0 Å². The van der Waals surface area contributed by atoms with Gasteiger partial charge in [0, 0.05) is 17.1 Å². The van der Waals surface area contributed by atoms with Crippen molar-refractivity contribution in [3.63, 3.8) is 0 Å². The van der Waals surface area contributed by atoms with Crippen LogP contribution in [0, 0.1) is 12.8 Å². The van der Waals surface area contributed by atoms with Gasteiger partial charge in [0.25, 0.3) is 0 Å². The molecule has 1 aliphatic carbocycles. The molecule has 0 saturated heterocycles. The van der Waals surface area contributed by atoms with Gasteiger partial charge < -0.3 is 11.1 Å². The summed E-state index contributed by atoms with van der Waals surface area (Å²) in [5.41, 5.74) is 8.30. The maximum atomic E-state index is 12.2. The number of carbonyl (C=O) groups is 1. The number of carbonyl (C=O) groups excluding carboxylic acids is 1. The highest BCUT2D eigenvalue weighted by Crippen LogP contribution is 2.24. The number of fused-ring (bicyclic) bond motifs is 1. The van der Waals surface area contributed by atoms with E-state index in [2.05, 4.69) is 10.3 Å². The standard InChI is InChI=1S/C16H17N3O/c1-10-5-6-11-3-2-4-14(15(11)18-10)19-16(20)12-7-8-13(17)9-12/h2-8,12-13H,9,17H2,1H3,(H,19,20). The first-order valence-electron chi connectivity index (χ1n) is 6.74. The van der Waals surface area contributed by atoms with Crippen LogP contribution in [0.3, 0.4) is 0 Å². The van der Waals surface area contributed by atoms with Gasteiger partial charge in [0.15, 0.2) is 0 Å². The van der Waals surface area contributed by atoms with Crippen LogP contribution in [0.2, 0.25) is 0 Å². The van der Waals surface area contributed by atoms with Crippen LogP contribution in [0.5, 0.6) is 0 Å². The molecule has 102 valence electrons. The number of hydrogen-bond donors (Lipinski definition) is 2. The van der Waals surface area contributed by atoms with Gasteiger partial charge in [0.1, 0.15) is 0 Å². The predicted octanol–water partition coefficient (Wildman–Crippen LogP) is 2.39. The molecule has 0 aliphatic heterocycles. The summed E-state index contributed by atoms with van der Waals surface area (Å²) in [6.07, 6.45) is 4.43. The number of rotatable bonds is 2. The molecule has 0 saturated carbocycles. The van der Waals surface area contributed by atoms with E-state index in [1.54, 1.807) is 0 Å². The van der Waals surface area contributed by atoms with Crippen LogP contribution in [-0.2, 0) is 4.79 Å². The Morgan fingerprint density at radius 3 is 2.90 bits per heavy atom. The van der Waals surface area contributed by atoms with Crippen molar-refractivity contribution < 1.29 is 4.79 Å². The van der Waals surface area contributed by atoms with Gasteiger partial charge in [-0.2, -0.15) is 0 Å². The van der Waals surface area contributed by atoms with Gasteiger partial charge in [-0.05, 0) is 25.5 Å². The lowest BCUT2D eigenvalue weighted by atomic mass is 10.1. The van der Waals surface area contributed by atoms with E-state index in [9.17, 15) is 4.79 Å². The molecule has 1 amide bonds. The zero-order chi connectivity index (χ0) is 14.1. The van der Waals surface area contributed by atoms with Crippen molar-refractivity contribution in [1.29, 1.82) is 0 Å². The number of anilines is 1. The second-order valence-electron chi connectivity index (χ2n) is 5.21. The molecule has 3 N–H and O–H groups in total. The van der Waals surface area contributed by atoms with Gasteiger partial charge in [-0.3, -0.25) is 9.78 Å². The Bertz CT molecular complexity index is 693. The summed E-state index contributed by atoms with van der Waals surface area (Å²) in [7, 11) is 0. The Balaban J connectivity index is 1.89. The van der Waals surface area contributed by atoms with E-state index in [0.29, 0.717) is 6.42 Å². The first-order valence-corrected chi connectivity index (χ1v) is 6.74. The van der Waals surface area contributed by atoms with Crippen molar-refractivity contribution in [1.82, 2.24) is 4.98 Å². The van der Waals surface area contributed by atoms with Crippen LogP contribution < -0.4 is 11.1 Å². The molecule has 1 aliphatic rings. The Kier molecular flexibility index (Phi) is 3.24. The van der Waals surface area contributed by atoms with Crippen molar-refractivity contribution in [3.05, 3.63) is 48.2 Å². The number of nitrogens with one attached hydrogen (secondary N) is 1. The van der Waals surface area contributed by atoms with Crippen LogP contribution >= 0.6 is 0 Å². The maximum Gasteiger partial charge on any atom is 0.231 e. The van der Waals surface area contributed by atoms with Crippen molar-refractivity contribution in [3.8, 4) is 0 Å². The molecule has 0 spiro atoms. The second-order valence-corrected chi connectivity index (χ2v) is 5.21. The van der Waals surface area contributed by atoms with Crippen LogP contribution in [-0.4, -0.2) is 16.9 Å². The lowest BCUT2D eigenvalue weighted by Crippen LogP contribution is -2.24. The highest BCUT2D eigenvalue weighted by atomic mass is 16.1. The SMILES string of the molecule is Cc1ccc2cccc(NC(=O)C3C=CC(N)C3)c2n1. The third-order valence-corrected chi connectivity index (χ3v) is 3.57. The molecule has 4 nitrogen and oxygen atoms in total. The third-order valence-electron chi connectivity index (χ3n) is 3.57. The fourth-order valence-electron chi connectivity index (χ4n) is 2.49. The van der Waals surface area contributed by atoms with Gasteiger partial charge in [-0.1, -0.05) is 30.4 Å². The second kappa shape index (κ2) is 5.06. The van der Waals surface area contributed by atoms with E-state index in [4.69, 9.17) is 5.73 Å². The average molecular weight is 267 g/mol. The minimum Gasteiger partial charge on any atom is -0.324 e. The minimum atomic E-state index is -0.148. The molecular weight excluding hydrogens is 250 g/mol. The Labute approximate surface area is 117 Å². The molecule has 2 aromatic rings. The molecular formula is C16H17N3O. The summed E-state index contributed by atoms with van der Waals surface area (Å²) in [4.78, 5) is 16.8. The molecule has 0 radical (unpaired) electrons. The van der Waals surface area contributed by atoms with Crippen molar-refractivity contribution in [2.75, 3.05) is 5.32 Å². The number of pyridine rings is 1. The van der Waals surface area contributed by atoms with Crippen molar-refractivity contribution in [2.24, 2.45) is 11.7 Å². The first-order chi connectivity index (χ1) is 9.63. The van der Waals surface area contributed by atoms with E-state index in [1.165, 1.54) is 0 Å². The zero-order valence-electron chi connectivity index (χ0n) is 11.3. The van der Waals surface area contributed by atoms with Crippen LogP contribution in [0.15, 0.2) is 42.5 Å². The lowest BCUT2D eigenvalue weighted by Gasteiger charge is -2.12. The number of nitrogens with zero attached hydrogens (tertiary/aromatic N) is 1. The van der Waals surface area contributed by atoms with Gasteiger partial charge >= 0.3 is 0 Å². The van der Waals surface area contributed by atoms with E-state index in [1.807, 2.05) is 49.4 Å². The van der Waals surface area contributed by atoms with Gasteiger partial charge in [0.05, 0.1) is 17.1 Å². The predicted molar refractivity (Wildman–Crippen MR) is 80.3 cm³/mol. The quantitative estimate of drug-likeness (QED) is 0.821. The molecule has 0 fully saturated rings. The summed E-state index contributed by atoms with van der Waals surface area (Å²) in [6, 6.07) is 9.75. The normalized spacial score (nSPS) is 21.3. The lowest BCUT2D eigenvalue weighted by molar-refractivity contribution is -0.118. The number of para-hydroxylation sites is 1. The summed E-state index contributed by atoms with van der Waals surface area (Å²) in [5.74, 6) is -0.171. The monoisotopic (exact) mass is 267 g/mol. The highest BCUT2D eigenvalue weighted by molar-refractivity contribution is 6.01. The number of hydrogen-bond acceptors (Lipinski definition) is 3. The molecule has 1 heterocycles. The summed E-state index contributed by atoms with van der Waals surface area (Å²) in [6.45, 7) is 1.94. The highest BCUT2D eigenvalue weighted by Gasteiger charge is 2.23. The molecule has 4 heteroatoms. The van der Waals surface area contributed by atoms with E-state index in [0.717, 1.165) is 22.3 Å². The molecule has 2 unspecified atom stereocenters. The van der Waals surface area contributed by atoms with Crippen LogP contribution in [0.4, 0.5) is 5.69 Å². The first kappa shape index (κ1) is 12.8. The van der Waals surface area contributed by atoms with E-state index in [-0.39, 0.29) is 17.9 Å². The number of benzene rings is 1. The van der Waals surface area contributed by atoms with Gasteiger partial charge in [-0.15, -0.1) is 0 Å². The van der Waals surface area contributed by atoms with Gasteiger partial charge in [0.2, 0.25) is 5.91 Å². The van der Waals surface area contributed by atoms with Gasteiger partial charge in [-0.25, -0.2) is 0 Å². The number of aryl methyl sites for hydroxylation is 1. The average Bonchev–Trinajstić information content (AvgIpc) is 2.86. The van der Waals surface area contributed by atoms with Crippen molar-refractivity contribution >= 4 is 22.5 Å². The largest absolute Gasteiger partial charge is 0.324 e. The zero-order valence-corrected chi connectivity index (χ0v) is 11.3. The van der Waals surface area contributed by atoms with Crippen molar-refractivity contribution in [2.45, 2.75) is 19.4 Å².